The number of rotatable bonds is 5. The Labute approximate surface area is 145 Å². The van der Waals surface area contributed by atoms with Crippen molar-refractivity contribution in [2.45, 2.75) is 6.92 Å². The van der Waals surface area contributed by atoms with Gasteiger partial charge in [-0.3, -0.25) is 9.59 Å². The molecular formula is C19H16N2O4. The van der Waals surface area contributed by atoms with Crippen LogP contribution in [0.4, 0.5) is 5.69 Å². The monoisotopic (exact) mass is 336 g/mol. The van der Waals surface area contributed by atoms with Crippen molar-refractivity contribution in [1.82, 2.24) is 0 Å². The molecule has 0 saturated heterocycles. The van der Waals surface area contributed by atoms with Gasteiger partial charge in [0.1, 0.15) is 17.6 Å². The summed E-state index contributed by atoms with van der Waals surface area (Å²) in [7, 11) is 1.55. The van der Waals surface area contributed by atoms with Crippen LogP contribution in [0.3, 0.4) is 0 Å². The minimum absolute atomic E-state index is 0.163. The Bertz CT molecular complexity index is 856. The number of carbonyl (C=O) groups is 2. The number of nitriles is 1. The van der Waals surface area contributed by atoms with Crippen LogP contribution >= 0.6 is 0 Å². The van der Waals surface area contributed by atoms with Gasteiger partial charge in [-0.05, 0) is 55.5 Å². The first-order valence-electron chi connectivity index (χ1n) is 7.36. The lowest BCUT2D eigenvalue weighted by Crippen LogP contribution is -2.15. The maximum atomic E-state index is 12.4. The molecular weight excluding hydrogens is 320 g/mol. The first kappa shape index (κ1) is 17.8. The second-order valence-electron chi connectivity index (χ2n) is 5.16. The SMILES string of the molecule is COc1ccc(C(=O)c2ccc(NC(=O)/C(C#N)=C(/C)O)cc2)cc1. The summed E-state index contributed by atoms with van der Waals surface area (Å²) < 4.78 is 5.06. The number of carbonyl (C=O) groups excluding carboxylic acids is 2. The van der Waals surface area contributed by atoms with Crippen LogP contribution in [-0.2, 0) is 4.79 Å². The van der Waals surface area contributed by atoms with Crippen LogP contribution in [0, 0.1) is 11.3 Å². The van der Waals surface area contributed by atoms with Gasteiger partial charge in [-0.2, -0.15) is 5.26 Å². The maximum absolute atomic E-state index is 12.4. The summed E-state index contributed by atoms with van der Waals surface area (Å²) in [5.74, 6) is -0.567. The highest BCUT2D eigenvalue weighted by molar-refractivity contribution is 6.10. The zero-order valence-corrected chi connectivity index (χ0v) is 13.7. The van der Waals surface area contributed by atoms with E-state index in [4.69, 9.17) is 10.00 Å². The maximum Gasteiger partial charge on any atom is 0.269 e. The molecule has 0 aliphatic carbocycles. The highest BCUT2D eigenvalue weighted by Crippen LogP contribution is 2.17. The van der Waals surface area contributed by atoms with Gasteiger partial charge in [-0.15, -0.1) is 0 Å². The van der Waals surface area contributed by atoms with E-state index in [1.807, 2.05) is 0 Å². The molecule has 0 atom stereocenters. The highest BCUT2D eigenvalue weighted by Gasteiger charge is 2.13. The molecule has 0 aliphatic heterocycles. The molecule has 0 aromatic heterocycles. The summed E-state index contributed by atoms with van der Waals surface area (Å²) in [5.41, 5.74) is 1.02. The molecule has 25 heavy (non-hydrogen) atoms. The lowest BCUT2D eigenvalue weighted by Gasteiger charge is -2.07. The number of methoxy groups -OCH3 is 1. The number of anilines is 1. The van der Waals surface area contributed by atoms with E-state index in [-0.39, 0.29) is 17.1 Å². The van der Waals surface area contributed by atoms with Crippen LogP contribution in [-0.4, -0.2) is 23.9 Å². The largest absolute Gasteiger partial charge is 0.511 e. The van der Waals surface area contributed by atoms with Crippen LogP contribution in [0.2, 0.25) is 0 Å². The van der Waals surface area contributed by atoms with E-state index in [0.717, 1.165) is 0 Å². The summed E-state index contributed by atoms with van der Waals surface area (Å²) >= 11 is 0. The smallest absolute Gasteiger partial charge is 0.269 e. The average molecular weight is 336 g/mol. The molecule has 0 heterocycles. The summed E-state index contributed by atoms with van der Waals surface area (Å²) in [6.07, 6.45) is 0. The summed E-state index contributed by atoms with van der Waals surface area (Å²) in [6.45, 7) is 1.26. The van der Waals surface area contributed by atoms with Crippen molar-refractivity contribution in [1.29, 1.82) is 5.26 Å². The Morgan fingerprint density at radius 2 is 1.56 bits per heavy atom. The Kier molecular flexibility index (Phi) is 5.54. The van der Waals surface area contributed by atoms with E-state index in [1.54, 1.807) is 61.7 Å². The molecule has 0 aliphatic rings. The molecule has 0 bridgehead atoms. The second-order valence-corrected chi connectivity index (χ2v) is 5.16. The molecule has 2 rings (SSSR count). The molecule has 2 N–H and O–H groups in total. The molecule has 0 radical (unpaired) electrons. The number of aliphatic hydroxyl groups excluding tert-OH is 1. The van der Waals surface area contributed by atoms with Gasteiger partial charge in [0.15, 0.2) is 11.4 Å². The Morgan fingerprint density at radius 1 is 1.04 bits per heavy atom. The van der Waals surface area contributed by atoms with Gasteiger partial charge in [0.2, 0.25) is 0 Å². The van der Waals surface area contributed by atoms with Crippen LogP contribution in [0.1, 0.15) is 22.8 Å². The number of ether oxygens (including phenoxy) is 1. The fraction of sp³-hybridized carbons (Fsp3) is 0.105. The van der Waals surface area contributed by atoms with Crippen LogP contribution in [0.15, 0.2) is 59.9 Å². The van der Waals surface area contributed by atoms with Gasteiger partial charge in [-0.25, -0.2) is 0 Å². The number of hydrogen-bond acceptors (Lipinski definition) is 5. The zero-order valence-electron chi connectivity index (χ0n) is 13.7. The zero-order chi connectivity index (χ0) is 18.4. The predicted molar refractivity (Wildman–Crippen MR) is 92.4 cm³/mol. The van der Waals surface area contributed by atoms with E-state index in [0.29, 0.717) is 22.6 Å². The third kappa shape index (κ3) is 4.24. The average Bonchev–Trinajstić information content (AvgIpc) is 2.62. The van der Waals surface area contributed by atoms with Gasteiger partial charge >= 0.3 is 0 Å². The lowest BCUT2D eigenvalue weighted by atomic mass is 10.0. The Morgan fingerprint density at radius 3 is 2.00 bits per heavy atom. The first-order chi connectivity index (χ1) is 12.0. The normalized spacial score (nSPS) is 11.1. The first-order valence-corrected chi connectivity index (χ1v) is 7.36. The molecule has 2 aromatic rings. The van der Waals surface area contributed by atoms with Crippen molar-refractivity contribution in [3.8, 4) is 11.8 Å². The number of nitrogens with zero attached hydrogens (tertiary/aromatic N) is 1. The molecule has 6 nitrogen and oxygen atoms in total. The Hall–Kier alpha value is -3.59. The van der Waals surface area contributed by atoms with Gasteiger partial charge in [0, 0.05) is 16.8 Å². The molecule has 2 aromatic carbocycles. The fourth-order valence-corrected chi connectivity index (χ4v) is 2.10. The van der Waals surface area contributed by atoms with Crippen molar-refractivity contribution >= 4 is 17.4 Å². The number of allylic oxidation sites excluding steroid dienone is 1. The number of aliphatic hydroxyl groups is 1. The highest BCUT2D eigenvalue weighted by atomic mass is 16.5. The standard InChI is InChI=1S/C19H16N2O4/c1-12(22)17(11-20)19(24)21-15-7-3-13(4-8-15)18(23)14-5-9-16(25-2)10-6-14/h3-10,22H,1-2H3,(H,21,24)/b17-12-. The van der Waals surface area contributed by atoms with Crippen molar-refractivity contribution in [2.75, 3.05) is 12.4 Å². The van der Waals surface area contributed by atoms with Gasteiger partial charge in [0.05, 0.1) is 7.11 Å². The van der Waals surface area contributed by atoms with Crippen molar-refractivity contribution in [3.05, 3.63) is 71.0 Å². The van der Waals surface area contributed by atoms with E-state index >= 15 is 0 Å². The summed E-state index contributed by atoms with van der Waals surface area (Å²) in [6, 6.07) is 14.6. The fourth-order valence-electron chi connectivity index (χ4n) is 2.10. The van der Waals surface area contributed by atoms with E-state index in [9.17, 15) is 14.7 Å². The molecule has 126 valence electrons. The number of hydrogen-bond donors (Lipinski definition) is 2. The summed E-state index contributed by atoms with van der Waals surface area (Å²) in [4.78, 5) is 24.3. The van der Waals surface area contributed by atoms with E-state index < -0.39 is 5.91 Å². The molecule has 0 spiro atoms. The molecule has 0 unspecified atom stereocenters. The third-order valence-electron chi connectivity index (χ3n) is 3.46. The summed E-state index contributed by atoms with van der Waals surface area (Å²) in [5, 5.41) is 20.6. The van der Waals surface area contributed by atoms with Gasteiger partial charge in [0.25, 0.3) is 5.91 Å². The number of benzene rings is 2. The quantitative estimate of drug-likeness (QED) is 0.378. The van der Waals surface area contributed by atoms with Gasteiger partial charge < -0.3 is 15.2 Å². The van der Waals surface area contributed by atoms with Crippen molar-refractivity contribution < 1.29 is 19.4 Å². The number of nitrogens with one attached hydrogen (secondary N) is 1. The minimum atomic E-state index is -0.711. The van der Waals surface area contributed by atoms with Crippen LogP contribution < -0.4 is 10.1 Å². The second kappa shape index (κ2) is 7.79. The minimum Gasteiger partial charge on any atom is -0.511 e. The van der Waals surface area contributed by atoms with Crippen LogP contribution in [0.5, 0.6) is 5.75 Å². The van der Waals surface area contributed by atoms with Crippen molar-refractivity contribution in [2.24, 2.45) is 0 Å². The number of ketones is 1. The molecule has 0 saturated carbocycles. The van der Waals surface area contributed by atoms with Crippen LogP contribution in [0.25, 0.3) is 0 Å². The lowest BCUT2D eigenvalue weighted by molar-refractivity contribution is -0.112. The van der Waals surface area contributed by atoms with E-state index in [1.165, 1.54) is 6.92 Å². The van der Waals surface area contributed by atoms with Crippen molar-refractivity contribution in [3.63, 3.8) is 0 Å². The third-order valence-corrected chi connectivity index (χ3v) is 3.46. The number of amides is 1. The molecule has 6 heteroatoms. The van der Waals surface area contributed by atoms with E-state index in [2.05, 4.69) is 5.32 Å². The topological polar surface area (TPSA) is 99.4 Å². The van der Waals surface area contributed by atoms with Gasteiger partial charge in [-0.1, -0.05) is 0 Å². The molecule has 1 amide bonds. The molecule has 0 fully saturated rings. The Balaban J connectivity index is 2.14. The predicted octanol–water partition coefficient (Wildman–Crippen LogP) is 3.22.